The lowest BCUT2D eigenvalue weighted by atomic mass is 9.99. The number of hydrogen-bond donors (Lipinski definition) is 1. The molecular formula is C13H18FN. The molecule has 0 amide bonds. The number of nitrogens with one attached hydrogen (secondary N) is 1. The molecule has 2 rings (SSSR count). The lowest BCUT2D eigenvalue weighted by Crippen LogP contribution is -2.13. The van der Waals surface area contributed by atoms with Crippen LogP contribution in [0.3, 0.4) is 0 Å². The van der Waals surface area contributed by atoms with E-state index < -0.39 is 5.67 Å². The molecule has 0 aromatic heterocycles. The molecule has 1 nitrogen and oxygen atoms in total. The van der Waals surface area contributed by atoms with Gasteiger partial charge in [-0.05, 0) is 44.0 Å². The van der Waals surface area contributed by atoms with Crippen LogP contribution in [0.5, 0.6) is 0 Å². The summed E-state index contributed by atoms with van der Waals surface area (Å²) in [5, 5.41) is 3.13. The Morgan fingerprint density at radius 1 is 1.27 bits per heavy atom. The molecular weight excluding hydrogens is 189 g/mol. The SMILES string of the molecule is CNCCc1ccccc1CC1(F)CC1. The minimum absolute atomic E-state index is 0.604. The van der Waals surface area contributed by atoms with Crippen LogP contribution in [0, 0.1) is 0 Å². The number of benzene rings is 1. The van der Waals surface area contributed by atoms with E-state index in [4.69, 9.17) is 0 Å². The molecule has 0 aliphatic heterocycles. The van der Waals surface area contributed by atoms with Gasteiger partial charge >= 0.3 is 0 Å². The average molecular weight is 207 g/mol. The van der Waals surface area contributed by atoms with E-state index in [2.05, 4.69) is 17.4 Å². The summed E-state index contributed by atoms with van der Waals surface area (Å²) in [6, 6.07) is 8.21. The van der Waals surface area contributed by atoms with Gasteiger partial charge in [0.05, 0.1) is 0 Å². The van der Waals surface area contributed by atoms with Gasteiger partial charge in [0.1, 0.15) is 5.67 Å². The molecule has 0 saturated heterocycles. The molecule has 2 heteroatoms. The predicted octanol–water partition coefficient (Wildman–Crippen LogP) is 2.49. The fourth-order valence-electron chi connectivity index (χ4n) is 1.89. The third-order valence-corrected chi connectivity index (χ3v) is 3.06. The summed E-state index contributed by atoms with van der Waals surface area (Å²) < 4.78 is 13.7. The zero-order valence-electron chi connectivity index (χ0n) is 9.22. The van der Waals surface area contributed by atoms with Crippen molar-refractivity contribution < 1.29 is 4.39 Å². The molecule has 82 valence electrons. The van der Waals surface area contributed by atoms with Gasteiger partial charge in [0.2, 0.25) is 0 Å². The summed E-state index contributed by atoms with van der Waals surface area (Å²) in [6.07, 6.45) is 3.08. The van der Waals surface area contributed by atoms with E-state index in [1.165, 1.54) is 11.1 Å². The van der Waals surface area contributed by atoms with Crippen LogP contribution in [0.15, 0.2) is 24.3 Å². The van der Waals surface area contributed by atoms with Crippen LogP contribution in [0.2, 0.25) is 0 Å². The van der Waals surface area contributed by atoms with Gasteiger partial charge in [-0.25, -0.2) is 4.39 Å². The van der Waals surface area contributed by atoms with Crippen LogP contribution in [0.1, 0.15) is 24.0 Å². The first-order valence-corrected chi connectivity index (χ1v) is 5.64. The van der Waals surface area contributed by atoms with Crippen LogP contribution in [-0.4, -0.2) is 19.3 Å². The Balaban J connectivity index is 2.07. The van der Waals surface area contributed by atoms with Crippen LogP contribution in [0.25, 0.3) is 0 Å². The minimum atomic E-state index is -0.879. The second-order valence-electron chi connectivity index (χ2n) is 4.45. The quantitative estimate of drug-likeness (QED) is 0.782. The Hall–Kier alpha value is -0.890. The molecule has 0 bridgehead atoms. The lowest BCUT2D eigenvalue weighted by molar-refractivity contribution is 0.307. The van der Waals surface area contributed by atoms with Gasteiger partial charge in [-0.1, -0.05) is 24.3 Å². The van der Waals surface area contributed by atoms with E-state index in [-0.39, 0.29) is 0 Å². The second-order valence-corrected chi connectivity index (χ2v) is 4.45. The number of likely N-dealkylation sites (N-methyl/N-ethyl adjacent to an activating group) is 1. The topological polar surface area (TPSA) is 12.0 Å². The van der Waals surface area contributed by atoms with E-state index >= 15 is 0 Å². The Kier molecular flexibility index (Phi) is 3.06. The van der Waals surface area contributed by atoms with E-state index in [9.17, 15) is 4.39 Å². The average Bonchev–Trinajstić information content (AvgIpc) is 2.95. The van der Waals surface area contributed by atoms with Gasteiger partial charge in [0.15, 0.2) is 0 Å². The van der Waals surface area contributed by atoms with Crippen LogP contribution in [-0.2, 0) is 12.8 Å². The Bertz CT molecular complexity index is 331. The molecule has 0 spiro atoms. The van der Waals surface area contributed by atoms with Crippen molar-refractivity contribution in [2.75, 3.05) is 13.6 Å². The zero-order chi connectivity index (χ0) is 10.7. The fraction of sp³-hybridized carbons (Fsp3) is 0.538. The highest BCUT2D eigenvalue weighted by Crippen LogP contribution is 2.43. The van der Waals surface area contributed by atoms with Gasteiger partial charge in [-0.3, -0.25) is 0 Å². The largest absolute Gasteiger partial charge is 0.319 e. The summed E-state index contributed by atoms with van der Waals surface area (Å²) in [7, 11) is 1.94. The number of alkyl halides is 1. The fourth-order valence-corrected chi connectivity index (χ4v) is 1.89. The number of hydrogen-bond acceptors (Lipinski definition) is 1. The predicted molar refractivity (Wildman–Crippen MR) is 60.8 cm³/mol. The molecule has 0 radical (unpaired) electrons. The van der Waals surface area contributed by atoms with Gasteiger partial charge in [-0.15, -0.1) is 0 Å². The maximum Gasteiger partial charge on any atom is 0.115 e. The first-order valence-electron chi connectivity index (χ1n) is 5.64. The van der Waals surface area contributed by atoms with Crippen molar-refractivity contribution in [3.63, 3.8) is 0 Å². The summed E-state index contributed by atoms with van der Waals surface area (Å²) in [4.78, 5) is 0. The molecule has 0 unspecified atom stereocenters. The van der Waals surface area contributed by atoms with Crippen LogP contribution < -0.4 is 5.32 Å². The monoisotopic (exact) mass is 207 g/mol. The van der Waals surface area contributed by atoms with Crippen molar-refractivity contribution in [1.82, 2.24) is 5.32 Å². The number of rotatable bonds is 5. The third kappa shape index (κ3) is 2.78. The lowest BCUT2D eigenvalue weighted by Gasteiger charge is -2.11. The molecule has 0 atom stereocenters. The van der Waals surface area contributed by atoms with E-state index in [0.717, 1.165) is 25.8 Å². The summed E-state index contributed by atoms with van der Waals surface area (Å²) in [5.41, 5.74) is 1.60. The highest BCUT2D eigenvalue weighted by molar-refractivity contribution is 5.30. The Labute approximate surface area is 90.7 Å². The van der Waals surface area contributed by atoms with Crippen LogP contribution in [0.4, 0.5) is 4.39 Å². The molecule has 15 heavy (non-hydrogen) atoms. The molecule has 1 saturated carbocycles. The van der Waals surface area contributed by atoms with Crippen molar-refractivity contribution in [3.8, 4) is 0 Å². The second kappa shape index (κ2) is 4.31. The molecule has 1 aromatic carbocycles. The highest BCUT2D eigenvalue weighted by Gasteiger charge is 2.43. The van der Waals surface area contributed by atoms with Gasteiger partial charge in [0.25, 0.3) is 0 Å². The molecule has 1 aliphatic carbocycles. The summed E-state index contributed by atoms with van der Waals surface area (Å²) in [5.74, 6) is 0. The molecule has 1 aromatic rings. The van der Waals surface area contributed by atoms with E-state index in [1.807, 2.05) is 19.2 Å². The highest BCUT2D eigenvalue weighted by atomic mass is 19.1. The Morgan fingerprint density at radius 2 is 1.93 bits per heavy atom. The van der Waals surface area contributed by atoms with Crippen molar-refractivity contribution >= 4 is 0 Å². The van der Waals surface area contributed by atoms with Crippen molar-refractivity contribution in [2.45, 2.75) is 31.4 Å². The standard InChI is InChI=1S/C13H18FN/c1-15-9-6-11-4-2-3-5-12(11)10-13(14)7-8-13/h2-5,15H,6-10H2,1H3. The van der Waals surface area contributed by atoms with Gasteiger partial charge < -0.3 is 5.32 Å². The Morgan fingerprint density at radius 3 is 2.53 bits per heavy atom. The normalized spacial score (nSPS) is 17.7. The van der Waals surface area contributed by atoms with Crippen molar-refractivity contribution in [2.24, 2.45) is 0 Å². The first-order chi connectivity index (χ1) is 7.23. The molecule has 1 aliphatic rings. The minimum Gasteiger partial charge on any atom is -0.319 e. The van der Waals surface area contributed by atoms with E-state index in [1.54, 1.807) is 0 Å². The van der Waals surface area contributed by atoms with Crippen LogP contribution >= 0.6 is 0 Å². The smallest absolute Gasteiger partial charge is 0.115 e. The maximum absolute atomic E-state index is 13.7. The zero-order valence-corrected chi connectivity index (χ0v) is 9.22. The summed E-state index contributed by atoms with van der Waals surface area (Å²) >= 11 is 0. The van der Waals surface area contributed by atoms with Gasteiger partial charge in [0, 0.05) is 6.42 Å². The summed E-state index contributed by atoms with van der Waals surface area (Å²) in [6.45, 7) is 0.955. The van der Waals surface area contributed by atoms with E-state index in [0.29, 0.717) is 6.42 Å². The number of halogens is 1. The van der Waals surface area contributed by atoms with Crippen molar-refractivity contribution in [3.05, 3.63) is 35.4 Å². The molecule has 1 N–H and O–H groups in total. The first kappa shape index (κ1) is 10.6. The maximum atomic E-state index is 13.7. The van der Waals surface area contributed by atoms with Gasteiger partial charge in [-0.2, -0.15) is 0 Å². The van der Waals surface area contributed by atoms with Crippen molar-refractivity contribution in [1.29, 1.82) is 0 Å². The third-order valence-electron chi connectivity index (χ3n) is 3.06. The molecule has 1 fully saturated rings. The molecule has 0 heterocycles.